The summed E-state index contributed by atoms with van der Waals surface area (Å²) in [5.74, 6) is -1.28. The van der Waals surface area contributed by atoms with Crippen molar-refractivity contribution in [1.29, 1.82) is 0 Å². The van der Waals surface area contributed by atoms with Crippen molar-refractivity contribution in [3.63, 3.8) is 0 Å². The van der Waals surface area contributed by atoms with Gasteiger partial charge in [0.05, 0.1) is 12.1 Å². The summed E-state index contributed by atoms with van der Waals surface area (Å²) in [7, 11) is 0. The van der Waals surface area contributed by atoms with Crippen LogP contribution in [-0.2, 0) is 22.6 Å². The number of carboxylic acid groups (broad SMARTS) is 1. The average molecular weight is 309 g/mol. The van der Waals surface area contributed by atoms with E-state index >= 15 is 0 Å². The number of amides is 1. The number of carbonyl (C=O) groups is 2. The first-order valence-corrected chi connectivity index (χ1v) is 6.48. The van der Waals surface area contributed by atoms with Crippen LogP contribution in [0.15, 0.2) is 24.4 Å². The molecular weight excluding hydrogens is 296 g/mol. The van der Waals surface area contributed by atoms with Crippen molar-refractivity contribution in [2.45, 2.75) is 19.9 Å². The molecule has 0 aliphatic rings. The summed E-state index contributed by atoms with van der Waals surface area (Å²) < 4.78 is 1.29. The molecule has 0 unspecified atom stereocenters. The molecule has 2 aromatic rings. The number of aromatic nitrogens is 3. The maximum atomic E-state index is 11.9. The van der Waals surface area contributed by atoms with Crippen molar-refractivity contribution >= 4 is 29.2 Å². The molecule has 0 fully saturated rings. The van der Waals surface area contributed by atoms with Crippen molar-refractivity contribution in [3.8, 4) is 0 Å². The van der Waals surface area contributed by atoms with Gasteiger partial charge in [-0.3, -0.25) is 9.59 Å². The van der Waals surface area contributed by atoms with Gasteiger partial charge in [-0.1, -0.05) is 16.8 Å². The zero-order valence-corrected chi connectivity index (χ0v) is 12.0. The molecule has 110 valence electrons. The van der Waals surface area contributed by atoms with Gasteiger partial charge in [-0.05, 0) is 30.7 Å². The normalized spacial score (nSPS) is 10.4. The van der Waals surface area contributed by atoms with Gasteiger partial charge in [-0.15, -0.1) is 5.10 Å². The van der Waals surface area contributed by atoms with E-state index in [1.54, 1.807) is 18.2 Å². The minimum Gasteiger partial charge on any atom is -0.481 e. The standard InChI is InChI=1S/C13H13ClN4O3/c1-8-4-9(14)2-3-11(8)15-12(19)7-18-6-10(16-17-18)5-13(20)21/h2-4,6H,5,7H2,1H3,(H,15,19)(H,20,21). The summed E-state index contributed by atoms with van der Waals surface area (Å²) in [6.45, 7) is 1.79. The largest absolute Gasteiger partial charge is 0.481 e. The number of nitrogens with one attached hydrogen (secondary N) is 1. The lowest BCUT2D eigenvalue weighted by Gasteiger charge is -2.08. The second-order valence-electron chi connectivity index (χ2n) is 4.49. The second-order valence-corrected chi connectivity index (χ2v) is 4.92. The first-order chi connectivity index (χ1) is 9.94. The van der Waals surface area contributed by atoms with Gasteiger partial charge in [0.2, 0.25) is 5.91 Å². The molecule has 0 atom stereocenters. The molecule has 0 saturated carbocycles. The molecule has 0 spiro atoms. The van der Waals surface area contributed by atoms with Gasteiger partial charge >= 0.3 is 5.97 Å². The summed E-state index contributed by atoms with van der Waals surface area (Å²) >= 11 is 5.84. The molecule has 1 aromatic carbocycles. The van der Waals surface area contributed by atoms with Crippen molar-refractivity contribution in [1.82, 2.24) is 15.0 Å². The first-order valence-electron chi connectivity index (χ1n) is 6.11. The lowest BCUT2D eigenvalue weighted by atomic mass is 10.2. The third kappa shape index (κ3) is 4.28. The Labute approximate surface area is 125 Å². The van der Waals surface area contributed by atoms with Gasteiger partial charge < -0.3 is 10.4 Å². The van der Waals surface area contributed by atoms with Crippen molar-refractivity contribution < 1.29 is 14.7 Å². The number of aryl methyl sites for hydroxylation is 1. The Hall–Kier alpha value is -2.41. The fourth-order valence-electron chi connectivity index (χ4n) is 1.76. The average Bonchev–Trinajstić information content (AvgIpc) is 2.79. The van der Waals surface area contributed by atoms with E-state index in [-0.39, 0.29) is 18.9 Å². The molecule has 1 heterocycles. The van der Waals surface area contributed by atoms with Crippen LogP contribution < -0.4 is 5.32 Å². The third-order valence-corrected chi connectivity index (χ3v) is 2.92. The Kier molecular flexibility index (Phi) is 4.54. The van der Waals surface area contributed by atoms with Gasteiger partial charge in [-0.2, -0.15) is 0 Å². The molecule has 1 amide bonds. The highest BCUT2D eigenvalue weighted by Crippen LogP contribution is 2.19. The topological polar surface area (TPSA) is 97.1 Å². The summed E-state index contributed by atoms with van der Waals surface area (Å²) in [5.41, 5.74) is 1.81. The Morgan fingerprint density at radius 3 is 2.86 bits per heavy atom. The van der Waals surface area contributed by atoms with Gasteiger partial charge in [0.1, 0.15) is 6.54 Å². The van der Waals surface area contributed by atoms with Crippen LogP contribution in [0.2, 0.25) is 5.02 Å². The van der Waals surface area contributed by atoms with E-state index in [2.05, 4.69) is 15.6 Å². The fourth-order valence-corrected chi connectivity index (χ4v) is 1.98. The predicted molar refractivity (Wildman–Crippen MR) is 76.2 cm³/mol. The van der Waals surface area contributed by atoms with E-state index in [0.717, 1.165) is 5.56 Å². The Morgan fingerprint density at radius 2 is 2.19 bits per heavy atom. The zero-order valence-electron chi connectivity index (χ0n) is 11.2. The second kappa shape index (κ2) is 6.36. The first kappa shape index (κ1) is 15.0. The summed E-state index contributed by atoms with van der Waals surface area (Å²) in [4.78, 5) is 22.4. The number of halogens is 1. The van der Waals surface area contributed by atoms with Crippen LogP contribution in [0.4, 0.5) is 5.69 Å². The molecule has 21 heavy (non-hydrogen) atoms. The van der Waals surface area contributed by atoms with Crippen LogP contribution in [0.3, 0.4) is 0 Å². The smallest absolute Gasteiger partial charge is 0.309 e. The molecule has 0 aliphatic carbocycles. The highest BCUT2D eigenvalue weighted by atomic mass is 35.5. The number of hydrogen-bond donors (Lipinski definition) is 2. The van der Waals surface area contributed by atoms with E-state index in [0.29, 0.717) is 16.4 Å². The number of benzene rings is 1. The monoisotopic (exact) mass is 308 g/mol. The van der Waals surface area contributed by atoms with Crippen molar-refractivity contribution in [2.24, 2.45) is 0 Å². The third-order valence-electron chi connectivity index (χ3n) is 2.69. The summed E-state index contributed by atoms with van der Waals surface area (Å²) in [5, 5.41) is 19.4. The minimum absolute atomic E-state index is 0.0469. The maximum absolute atomic E-state index is 11.9. The van der Waals surface area contributed by atoms with Crippen LogP contribution in [0.25, 0.3) is 0 Å². The molecule has 8 heteroatoms. The number of hydrogen-bond acceptors (Lipinski definition) is 4. The fraction of sp³-hybridized carbons (Fsp3) is 0.231. The lowest BCUT2D eigenvalue weighted by molar-refractivity contribution is -0.136. The highest BCUT2D eigenvalue weighted by molar-refractivity contribution is 6.30. The van der Waals surface area contributed by atoms with Crippen LogP contribution >= 0.6 is 11.6 Å². The number of carbonyl (C=O) groups excluding carboxylic acids is 1. The zero-order chi connectivity index (χ0) is 15.4. The van der Waals surface area contributed by atoms with E-state index in [4.69, 9.17) is 16.7 Å². The molecule has 0 radical (unpaired) electrons. The number of anilines is 1. The van der Waals surface area contributed by atoms with Gasteiger partial charge in [0.25, 0.3) is 0 Å². The van der Waals surface area contributed by atoms with Gasteiger partial charge in [0, 0.05) is 16.9 Å². The molecule has 2 N–H and O–H groups in total. The Balaban J connectivity index is 1.98. The van der Waals surface area contributed by atoms with Crippen LogP contribution in [-0.4, -0.2) is 32.0 Å². The van der Waals surface area contributed by atoms with Crippen molar-refractivity contribution in [2.75, 3.05) is 5.32 Å². The van der Waals surface area contributed by atoms with E-state index in [1.165, 1.54) is 10.9 Å². The van der Waals surface area contributed by atoms with E-state index in [9.17, 15) is 9.59 Å². The van der Waals surface area contributed by atoms with Crippen molar-refractivity contribution in [3.05, 3.63) is 40.7 Å². The van der Waals surface area contributed by atoms with Crippen LogP contribution in [0.5, 0.6) is 0 Å². The van der Waals surface area contributed by atoms with Gasteiger partial charge in [-0.25, -0.2) is 4.68 Å². The van der Waals surface area contributed by atoms with Crippen LogP contribution in [0.1, 0.15) is 11.3 Å². The minimum atomic E-state index is -0.997. The van der Waals surface area contributed by atoms with E-state index < -0.39 is 5.97 Å². The molecule has 0 saturated heterocycles. The molecule has 0 bridgehead atoms. The quantitative estimate of drug-likeness (QED) is 0.872. The van der Waals surface area contributed by atoms with E-state index in [1.807, 2.05) is 6.92 Å². The maximum Gasteiger partial charge on any atom is 0.309 e. The number of rotatable bonds is 5. The molecular formula is C13H13ClN4O3. The summed E-state index contributed by atoms with van der Waals surface area (Å²) in [6, 6.07) is 5.15. The number of nitrogens with zero attached hydrogens (tertiary/aromatic N) is 3. The summed E-state index contributed by atoms with van der Waals surface area (Å²) in [6.07, 6.45) is 1.21. The predicted octanol–water partition coefficient (Wildman–Crippen LogP) is 1.51. The Bertz CT molecular complexity index is 684. The SMILES string of the molecule is Cc1cc(Cl)ccc1NC(=O)Cn1cc(CC(=O)O)nn1. The Morgan fingerprint density at radius 1 is 1.43 bits per heavy atom. The number of carboxylic acids is 1. The molecule has 7 nitrogen and oxygen atoms in total. The molecule has 0 aliphatic heterocycles. The molecule has 1 aromatic heterocycles. The highest BCUT2D eigenvalue weighted by Gasteiger charge is 2.10. The molecule has 2 rings (SSSR count). The lowest BCUT2D eigenvalue weighted by Crippen LogP contribution is -2.19. The van der Waals surface area contributed by atoms with Crippen LogP contribution in [0, 0.1) is 6.92 Å². The number of aliphatic carboxylic acids is 1. The van der Waals surface area contributed by atoms with Gasteiger partial charge in [0.15, 0.2) is 0 Å².